The number of nitrogens with one attached hydrogen (secondary N) is 1. The van der Waals surface area contributed by atoms with Crippen LogP contribution in [-0.4, -0.2) is 31.6 Å². The summed E-state index contributed by atoms with van der Waals surface area (Å²) in [7, 11) is 1.30. The van der Waals surface area contributed by atoms with Gasteiger partial charge in [0.25, 0.3) is 0 Å². The molecule has 1 rings (SSSR count). The van der Waals surface area contributed by atoms with Crippen molar-refractivity contribution in [1.29, 1.82) is 0 Å². The molecule has 0 saturated heterocycles. The van der Waals surface area contributed by atoms with Gasteiger partial charge in [0.1, 0.15) is 5.75 Å². The molecule has 1 atom stereocenters. The molecular formula is C15H22N2O4. The number of ether oxygens (including phenoxy) is 2. The van der Waals surface area contributed by atoms with Gasteiger partial charge in [-0.25, -0.2) is 4.79 Å². The van der Waals surface area contributed by atoms with Gasteiger partial charge in [0, 0.05) is 5.69 Å². The molecule has 1 aromatic rings. The largest absolute Gasteiger partial charge is 0.482 e. The quantitative estimate of drug-likeness (QED) is 0.712. The SMILES string of the molecule is CCCCC(N)C(=O)Nc1ccc(OCC(=O)OC)cc1. The predicted octanol–water partition coefficient (Wildman–Crippen LogP) is 1.69. The zero-order valence-electron chi connectivity index (χ0n) is 12.4. The zero-order valence-corrected chi connectivity index (χ0v) is 12.4. The number of unbranched alkanes of at least 4 members (excludes halogenated alkanes) is 1. The highest BCUT2D eigenvalue weighted by atomic mass is 16.6. The van der Waals surface area contributed by atoms with Gasteiger partial charge in [-0.05, 0) is 30.7 Å². The van der Waals surface area contributed by atoms with Crippen molar-refractivity contribution >= 4 is 17.6 Å². The standard InChI is InChI=1S/C15H22N2O4/c1-3-4-5-13(16)15(19)17-11-6-8-12(9-7-11)21-10-14(18)20-2/h6-9,13H,3-5,10,16H2,1-2H3,(H,17,19). The summed E-state index contributed by atoms with van der Waals surface area (Å²) < 4.78 is 9.68. The molecule has 1 unspecified atom stereocenters. The van der Waals surface area contributed by atoms with Gasteiger partial charge in [0.2, 0.25) is 5.91 Å². The van der Waals surface area contributed by atoms with Crippen LogP contribution in [0.5, 0.6) is 5.75 Å². The number of esters is 1. The van der Waals surface area contributed by atoms with Gasteiger partial charge < -0.3 is 20.5 Å². The number of carbonyl (C=O) groups excluding carboxylic acids is 2. The number of carbonyl (C=O) groups is 2. The average Bonchev–Trinajstić information content (AvgIpc) is 2.51. The first-order chi connectivity index (χ1) is 10.1. The lowest BCUT2D eigenvalue weighted by Crippen LogP contribution is -2.35. The molecule has 0 heterocycles. The number of nitrogens with two attached hydrogens (primary N) is 1. The molecule has 0 aliphatic rings. The summed E-state index contributed by atoms with van der Waals surface area (Å²) in [6.45, 7) is 1.90. The number of hydrogen-bond acceptors (Lipinski definition) is 5. The van der Waals surface area contributed by atoms with Crippen LogP contribution in [0.15, 0.2) is 24.3 Å². The Bertz CT molecular complexity index is 459. The van der Waals surface area contributed by atoms with Crippen molar-refractivity contribution < 1.29 is 19.1 Å². The molecule has 3 N–H and O–H groups in total. The Morgan fingerprint density at radius 3 is 2.52 bits per heavy atom. The topological polar surface area (TPSA) is 90.7 Å². The van der Waals surface area contributed by atoms with Crippen molar-refractivity contribution in [2.45, 2.75) is 32.2 Å². The van der Waals surface area contributed by atoms with Crippen LogP contribution < -0.4 is 15.8 Å². The molecule has 0 radical (unpaired) electrons. The van der Waals surface area contributed by atoms with Crippen LogP contribution in [0.3, 0.4) is 0 Å². The molecule has 0 bridgehead atoms. The molecule has 6 nitrogen and oxygen atoms in total. The van der Waals surface area contributed by atoms with Crippen molar-refractivity contribution in [3.05, 3.63) is 24.3 Å². The van der Waals surface area contributed by atoms with E-state index in [-0.39, 0.29) is 12.5 Å². The molecule has 0 aliphatic heterocycles. The molecule has 116 valence electrons. The summed E-state index contributed by atoms with van der Waals surface area (Å²) in [5, 5.41) is 2.74. The second-order valence-electron chi connectivity index (χ2n) is 4.63. The third-order valence-corrected chi connectivity index (χ3v) is 2.91. The van der Waals surface area contributed by atoms with Crippen LogP contribution in [-0.2, 0) is 14.3 Å². The number of hydrogen-bond donors (Lipinski definition) is 2. The minimum Gasteiger partial charge on any atom is -0.482 e. The second-order valence-corrected chi connectivity index (χ2v) is 4.63. The first kappa shape index (κ1) is 17.0. The molecule has 1 amide bonds. The van der Waals surface area contributed by atoms with E-state index < -0.39 is 12.0 Å². The zero-order chi connectivity index (χ0) is 15.7. The number of rotatable bonds is 8. The minimum atomic E-state index is -0.500. The first-order valence-corrected chi connectivity index (χ1v) is 6.93. The lowest BCUT2D eigenvalue weighted by molar-refractivity contribution is -0.142. The third-order valence-electron chi connectivity index (χ3n) is 2.91. The summed E-state index contributed by atoms with van der Waals surface area (Å²) in [5.41, 5.74) is 6.43. The summed E-state index contributed by atoms with van der Waals surface area (Å²) in [4.78, 5) is 22.8. The van der Waals surface area contributed by atoms with E-state index in [2.05, 4.69) is 17.0 Å². The average molecular weight is 294 g/mol. The van der Waals surface area contributed by atoms with Crippen LogP contribution in [0.1, 0.15) is 26.2 Å². The van der Waals surface area contributed by atoms with Crippen molar-refractivity contribution in [2.75, 3.05) is 19.0 Å². The number of anilines is 1. The molecule has 6 heteroatoms. The lowest BCUT2D eigenvalue weighted by Gasteiger charge is -2.12. The fourth-order valence-corrected chi connectivity index (χ4v) is 1.63. The predicted molar refractivity (Wildman–Crippen MR) is 80.1 cm³/mol. The Morgan fingerprint density at radius 2 is 1.95 bits per heavy atom. The van der Waals surface area contributed by atoms with Crippen LogP contribution in [0, 0.1) is 0 Å². The van der Waals surface area contributed by atoms with E-state index in [1.807, 2.05) is 0 Å². The van der Waals surface area contributed by atoms with E-state index in [0.29, 0.717) is 17.9 Å². The van der Waals surface area contributed by atoms with Crippen molar-refractivity contribution in [3.63, 3.8) is 0 Å². The van der Waals surface area contributed by atoms with Gasteiger partial charge in [0.15, 0.2) is 6.61 Å². The molecule has 0 aliphatic carbocycles. The number of amides is 1. The van der Waals surface area contributed by atoms with E-state index in [0.717, 1.165) is 12.8 Å². The van der Waals surface area contributed by atoms with Gasteiger partial charge in [-0.3, -0.25) is 4.79 Å². The smallest absolute Gasteiger partial charge is 0.343 e. The minimum absolute atomic E-state index is 0.149. The summed E-state index contributed by atoms with van der Waals surface area (Å²) in [5.74, 6) is -0.130. The second kappa shape index (κ2) is 8.97. The van der Waals surface area contributed by atoms with Gasteiger partial charge >= 0.3 is 5.97 Å². The molecular weight excluding hydrogens is 272 g/mol. The van der Waals surface area contributed by atoms with Crippen molar-refractivity contribution in [2.24, 2.45) is 5.73 Å². The highest BCUT2D eigenvalue weighted by molar-refractivity contribution is 5.94. The third kappa shape index (κ3) is 6.27. The maximum Gasteiger partial charge on any atom is 0.343 e. The van der Waals surface area contributed by atoms with E-state index in [1.165, 1.54) is 7.11 Å². The number of methoxy groups -OCH3 is 1. The monoisotopic (exact) mass is 294 g/mol. The van der Waals surface area contributed by atoms with E-state index in [9.17, 15) is 9.59 Å². The molecule has 0 saturated carbocycles. The normalized spacial score (nSPS) is 11.6. The number of benzene rings is 1. The summed E-state index contributed by atoms with van der Waals surface area (Å²) in [6, 6.07) is 6.21. The van der Waals surface area contributed by atoms with E-state index in [4.69, 9.17) is 10.5 Å². The van der Waals surface area contributed by atoms with Gasteiger partial charge in [-0.15, -0.1) is 0 Å². The first-order valence-electron chi connectivity index (χ1n) is 6.93. The van der Waals surface area contributed by atoms with Crippen molar-refractivity contribution in [3.8, 4) is 5.75 Å². The maximum absolute atomic E-state index is 11.8. The maximum atomic E-state index is 11.8. The van der Waals surface area contributed by atoms with Crippen molar-refractivity contribution in [1.82, 2.24) is 0 Å². The summed E-state index contributed by atoms with van der Waals surface area (Å²) >= 11 is 0. The lowest BCUT2D eigenvalue weighted by atomic mass is 10.1. The Labute approximate surface area is 124 Å². The van der Waals surface area contributed by atoms with Gasteiger partial charge in [-0.2, -0.15) is 0 Å². The fourth-order valence-electron chi connectivity index (χ4n) is 1.63. The Morgan fingerprint density at radius 1 is 1.29 bits per heavy atom. The highest BCUT2D eigenvalue weighted by Crippen LogP contribution is 2.16. The van der Waals surface area contributed by atoms with Crippen LogP contribution in [0.4, 0.5) is 5.69 Å². The van der Waals surface area contributed by atoms with Gasteiger partial charge in [0.05, 0.1) is 13.2 Å². The van der Waals surface area contributed by atoms with Crippen LogP contribution >= 0.6 is 0 Å². The van der Waals surface area contributed by atoms with E-state index >= 15 is 0 Å². The highest BCUT2D eigenvalue weighted by Gasteiger charge is 2.12. The van der Waals surface area contributed by atoms with Crippen LogP contribution in [0.2, 0.25) is 0 Å². The van der Waals surface area contributed by atoms with E-state index in [1.54, 1.807) is 24.3 Å². The Kier molecular flexibility index (Phi) is 7.25. The molecule has 0 fully saturated rings. The molecule has 0 spiro atoms. The van der Waals surface area contributed by atoms with Crippen LogP contribution in [0.25, 0.3) is 0 Å². The Balaban J connectivity index is 2.46. The molecule has 21 heavy (non-hydrogen) atoms. The fraction of sp³-hybridized carbons (Fsp3) is 0.467. The Hall–Kier alpha value is -2.08. The molecule has 1 aromatic carbocycles. The molecule has 0 aromatic heterocycles. The van der Waals surface area contributed by atoms with Gasteiger partial charge in [-0.1, -0.05) is 19.8 Å². The summed E-state index contributed by atoms with van der Waals surface area (Å²) in [6.07, 6.45) is 2.60.